The molecule has 1 aromatic heterocycles. The van der Waals surface area contributed by atoms with E-state index in [0.29, 0.717) is 17.8 Å². The third kappa shape index (κ3) is 4.94. The summed E-state index contributed by atoms with van der Waals surface area (Å²) < 4.78 is 0. The lowest BCUT2D eigenvalue weighted by Crippen LogP contribution is -2.36. The number of hydrogen-bond acceptors (Lipinski definition) is 6. The Morgan fingerprint density at radius 3 is 2.20 bits per heavy atom. The van der Waals surface area contributed by atoms with Crippen molar-refractivity contribution in [2.75, 3.05) is 31.4 Å². The molecular weight excluding hydrogens is 252 g/mol. The molecule has 0 aliphatic carbocycles. The molecule has 0 amide bonds. The molecule has 0 spiro atoms. The quantitative estimate of drug-likeness (QED) is 0.523. The summed E-state index contributed by atoms with van der Waals surface area (Å²) in [6, 6.07) is 2.17. The number of nitrogens with zero attached hydrogens (tertiary/aromatic N) is 3. The van der Waals surface area contributed by atoms with Gasteiger partial charge in [-0.15, -0.1) is 0 Å². The van der Waals surface area contributed by atoms with E-state index in [1.54, 1.807) is 0 Å². The first-order valence-electron chi connectivity index (χ1n) is 7.10. The Balaban J connectivity index is 2.96. The molecule has 0 bridgehead atoms. The van der Waals surface area contributed by atoms with Crippen LogP contribution in [-0.2, 0) is 0 Å². The number of hydrazine groups is 1. The van der Waals surface area contributed by atoms with Crippen molar-refractivity contribution in [3.8, 4) is 0 Å². The Bertz CT molecular complexity index is 416. The van der Waals surface area contributed by atoms with Gasteiger partial charge in [0.2, 0.25) is 0 Å². The summed E-state index contributed by atoms with van der Waals surface area (Å²) in [5, 5.41) is 3.49. The monoisotopic (exact) mass is 280 g/mol. The van der Waals surface area contributed by atoms with Crippen LogP contribution in [0.4, 0.5) is 11.6 Å². The highest BCUT2D eigenvalue weighted by Gasteiger charge is 2.16. The van der Waals surface area contributed by atoms with Gasteiger partial charge in [0.1, 0.15) is 17.5 Å². The van der Waals surface area contributed by atoms with Gasteiger partial charge >= 0.3 is 0 Å². The molecule has 6 heteroatoms. The molecule has 1 aromatic rings. The lowest BCUT2D eigenvalue weighted by molar-refractivity contribution is 0.344. The van der Waals surface area contributed by atoms with Crippen LogP contribution in [-0.4, -0.2) is 41.5 Å². The van der Waals surface area contributed by atoms with E-state index in [1.807, 2.05) is 6.07 Å². The molecular formula is C14H28N6. The predicted molar refractivity (Wildman–Crippen MR) is 84.7 cm³/mol. The molecule has 0 aliphatic rings. The van der Waals surface area contributed by atoms with Crippen molar-refractivity contribution in [3.63, 3.8) is 0 Å². The first-order chi connectivity index (χ1) is 9.33. The molecule has 0 fully saturated rings. The summed E-state index contributed by atoms with van der Waals surface area (Å²) in [5.74, 6) is 8.49. The zero-order valence-corrected chi connectivity index (χ0v) is 13.4. The van der Waals surface area contributed by atoms with Gasteiger partial charge in [-0.3, -0.25) is 0 Å². The van der Waals surface area contributed by atoms with Crippen molar-refractivity contribution in [1.82, 2.24) is 14.9 Å². The first kappa shape index (κ1) is 16.7. The number of nitrogens with two attached hydrogens (primary N) is 1. The van der Waals surface area contributed by atoms with Crippen molar-refractivity contribution < 1.29 is 0 Å². The molecule has 6 nitrogen and oxygen atoms in total. The molecule has 0 aromatic carbocycles. The Kier molecular flexibility index (Phi) is 6.16. The fourth-order valence-electron chi connectivity index (χ4n) is 1.88. The van der Waals surface area contributed by atoms with Gasteiger partial charge in [0.05, 0.1) is 0 Å². The van der Waals surface area contributed by atoms with Gasteiger partial charge in [0, 0.05) is 24.6 Å². The molecule has 1 heterocycles. The fourth-order valence-corrected chi connectivity index (χ4v) is 1.88. The van der Waals surface area contributed by atoms with Crippen molar-refractivity contribution in [1.29, 1.82) is 0 Å². The van der Waals surface area contributed by atoms with E-state index in [4.69, 9.17) is 5.84 Å². The molecule has 114 valence electrons. The largest absolute Gasteiger partial charge is 0.366 e. The lowest BCUT2D eigenvalue weighted by atomic mass is 10.0. The minimum Gasteiger partial charge on any atom is -0.366 e. The van der Waals surface area contributed by atoms with E-state index < -0.39 is 0 Å². The van der Waals surface area contributed by atoms with Crippen LogP contribution in [0.15, 0.2) is 6.07 Å². The van der Waals surface area contributed by atoms with Crippen LogP contribution in [0.2, 0.25) is 0 Å². The fraction of sp³-hybridized carbons (Fsp3) is 0.714. The second-order valence-electron chi connectivity index (χ2n) is 6.05. The molecule has 0 radical (unpaired) electrons. The van der Waals surface area contributed by atoms with E-state index in [1.165, 1.54) is 0 Å². The SMILES string of the molecule is CC(C)c1nc(NN)cc(NC(CN(C)C)C(C)C)n1. The summed E-state index contributed by atoms with van der Waals surface area (Å²) in [6.45, 7) is 9.49. The summed E-state index contributed by atoms with van der Waals surface area (Å²) in [4.78, 5) is 11.1. The Hall–Kier alpha value is -1.40. The second-order valence-corrected chi connectivity index (χ2v) is 6.05. The van der Waals surface area contributed by atoms with Crippen LogP contribution < -0.4 is 16.6 Å². The van der Waals surface area contributed by atoms with Gasteiger partial charge in [0.25, 0.3) is 0 Å². The normalized spacial score (nSPS) is 13.1. The molecule has 1 atom stereocenters. The van der Waals surface area contributed by atoms with Crippen LogP contribution >= 0.6 is 0 Å². The maximum absolute atomic E-state index is 5.48. The summed E-state index contributed by atoms with van der Waals surface area (Å²) in [6.07, 6.45) is 0. The Labute approximate surface area is 122 Å². The van der Waals surface area contributed by atoms with Crippen molar-refractivity contribution in [3.05, 3.63) is 11.9 Å². The number of anilines is 2. The van der Waals surface area contributed by atoms with E-state index in [2.05, 4.69) is 67.4 Å². The molecule has 0 aliphatic heterocycles. The molecule has 0 saturated heterocycles. The summed E-state index contributed by atoms with van der Waals surface area (Å²) in [5.41, 5.74) is 2.60. The summed E-state index contributed by atoms with van der Waals surface area (Å²) >= 11 is 0. The first-order valence-corrected chi connectivity index (χ1v) is 7.10. The molecule has 4 N–H and O–H groups in total. The van der Waals surface area contributed by atoms with Gasteiger partial charge in [-0.25, -0.2) is 15.8 Å². The van der Waals surface area contributed by atoms with E-state index in [-0.39, 0.29) is 5.92 Å². The maximum atomic E-state index is 5.48. The number of rotatable bonds is 7. The van der Waals surface area contributed by atoms with Gasteiger partial charge < -0.3 is 15.6 Å². The van der Waals surface area contributed by atoms with E-state index >= 15 is 0 Å². The highest BCUT2D eigenvalue weighted by molar-refractivity contribution is 5.47. The maximum Gasteiger partial charge on any atom is 0.145 e. The van der Waals surface area contributed by atoms with Crippen LogP contribution in [0.5, 0.6) is 0 Å². The minimum atomic E-state index is 0.259. The molecule has 20 heavy (non-hydrogen) atoms. The minimum absolute atomic E-state index is 0.259. The zero-order chi connectivity index (χ0) is 15.3. The lowest BCUT2D eigenvalue weighted by Gasteiger charge is -2.26. The molecule has 1 unspecified atom stereocenters. The highest BCUT2D eigenvalue weighted by Crippen LogP contribution is 2.18. The Morgan fingerprint density at radius 1 is 1.15 bits per heavy atom. The van der Waals surface area contributed by atoms with E-state index in [9.17, 15) is 0 Å². The smallest absolute Gasteiger partial charge is 0.145 e. The third-order valence-corrected chi connectivity index (χ3v) is 3.11. The Morgan fingerprint density at radius 2 is 1.75 bits per heavy atom. The van der Waals surface area contributed by atoms with Crippen molar-refractivity contribution in [2.45, 2.75) is 39.7 Å². The van der Waals surface area contributed by atoms with Gasteiger partial charge in [-0.05, 0) is 20.0 Å². The van der Waals surface area contributed by atoms with Crippen molar-refractivity contribution >= 4 is 11.6 Å². The standard InChI is InChI=1S/C14H28N6/c1-9(2)11(8-20(5)6)16-12-7-13(19-15)18-14(17-12)10(3)4/h7,9-11H,8,15H2,1-6H3,(H2,16,17,18,19). The predicted octanol–water partition coefficient (Wildman–Crippen LogP) is 1.88. The van der Waals surface area contributed by atoms with Crippen LogP contribution in [0.1, 0.15) is 39.4 Å². The molecule has 0 saturated carbocycles. The molecule has 1 rings (SSSR count). The van der Waals surface area contributed by atoms with Crippen LogP contribution in [0, 0.1) is 5.92 Å². The van der Waals surface area contributed by atoms with Gasteiger partial charge in [-0.2, -0.15) is 0 Å². The zero-order valence-electron chi connectivity index (χ0n) is 13.4. The topological polar surface area (TPSA) is 79.1 Å². The van der Waals surface area contributed by atoms with Crippen LogP contribution in [0.3, 0.4) is 0 Å². The van der Waals surface area contributed by atoms with Crippen molar-refractivity contribution in [2.24, 2.45) is 11.8 Å². The average Bonchev–Trinajstić information content (AvgIpc) is 2.36. The summed E-state index contributed by atoms with van der Waals surface area (Å²) in [7, 11) is 4.15. The average molecular weight is 280 g/mol. The second kappa shape index (κ2) is 7.40. The number of likely N-dealkylation sites (N-methyl/N-ethyl adjacent to an activating group) is 1. The van der Waals surface area contributed by atoms with Crippen LogP contribution in [0.25, 0.3) is 0 Å². The number of aromatic nitrogens is 2. The number of nitrogens with one attached hydrogen (secondary N) is 2. The highest BCUT2D eigenvalue weighted by atomic mass is 15.3. The van der Waals surface area contributed by atoms with Gasteiger partial charge in [0.15, 0.2) is 0 Å². The third-order valence-electron chi connectivity index (χ3n) is 3.11. The van der Waals surface area contributed by atoms with E-state index in [0.717, 1.165) is 18.2 Å². The van der Waals surface area contributed by atoms with Gasteiger partial charge in [-0.1, -0.05) is 27.7 Å². The number of nitrogen functional groups attached to an aromatic ring is 1. The number of hydrogen-bond donors (Lipinski definition) is 3.